The van der Waals surface area contributed by atoms with Crippen LogP contribution in [0.3, 0.4) is 0 Å². The first kappa shape index (κ1) is 18.4. The van der Waals surface area contributed by atoms with Gasteiger partial charge in [0.25, 0.3) is 5.91 Å². The van der Waals surface area contributed by atoms with E-state index in [1.54, 1.807) is 42.9 Å². The van der Waals surface area contributed by atoms with Crippen molar-refractivity contribution in [2.45, 2.75) is 18.0 Å². The number of fused-ring (bicyclic) bond motifs is 1. The molecule has 6 heteroatoms. The van der Waals surface area contributed by atoms with Gasteiger partial charge in [-0.05, 0) is 31.2 Å². The van der Waals surface area contributed by atoms with Crippen molar-refractivity contribution in [3.63, 3.8) is 0 Å². The fraction of sp³-hybridized carbons (Fsp3) is 0.250. The van der Waals surface area contributed by atoms with Crippen molar-refractivity contribution in [3.8, 4) is 0 Å². The number of amides is 1. The lowest BCUT2D eigenvalue weighted by molar-refractivity contribution is -0.131. The van der Waals surface area contributed by atoms with Crippen molar-refractivity contribution >= 4 is 23.4 Å². The first-order chi connectivity index (χ1) is 12.5. The van der Waals surface area contributed by atoms with Gasteiger partial charge in [0, 0.05) is 25.5 Å². The van der Waals surface area contributed by atoms with E-state index in [1.807, 2.05) is 24.3 Å². The maximum atomic E-state index is 12.3. The third-order valence-electron chi connectivity index (χ3n) is 4.57. The third kappa shape index (κ3) is 3.18. The Bertz CT molecular complexity index is 828. The normalized spacial score (nSPS) is 23.7. The summed E-state index contributed by atoms with van der Waals surface area (Å²) in [6, 6.07) is 8.32. The molecule has 2 aliphatic rings. The summed E-state index contributed by atoms with van der Waals surface area (Å²) in [5, 5.41) is 11.4. The van der Waals surface area contributed by atoms with Gasteiger partial charge < -0.3 is 14.9 Å². The molecule has 0 radical (unpaired) electrons. The number of hydrogen-bond acceptors (Lipinski definition) is 5. The molecule has 2 heterocycles. The fourth-order valence-corrected chi connectivity index (χ4v) is 4.10. The molecular formula is C20H23N3O2S. The van der Waals surface area contributed by atoms with Crippen LogP contribution < -0.4 is 4.90 Å². The van der Waals surface area contributed by atoms with Gasteiger partial charge in [0.05, 0.1) is 16.3 Å². The number of carbonyl (C=O) groups excluding carboxylic acids is 1. The molecule has 3 rings (SSSR count). The fourth-order valence-electron chi connectivity index (χ4n) is 2.97. The predicted molar refractivity (Wildman–Crippen MR) is 106 cm³/mol. The molecule has 0 saturated carbocycles. The molecular weight excluding hydrogens is 346 g/mol. The first-order valence-corrected chi connectivity index (χ1v) is 9.28. The Morgan fingerprint density at radius 1 is 1.23 bits per heavy atom. The van der Waals surface area contributed by atoms with Gasteiger partial charge in [0.2, 0.25) is 0 Å². The number of rotatable bonds is 3. The molecule has 1 atom stereocenters. The van der Waals surface area contributed by atoms with Gasteiger partial charge in [-0.3, -0.25) is 9.69 Å². The monoisotopic (exact) mass is 369 g/mol. The molecule has 5 nitrogen and oxygen atoms in total. The van der Waals surface area contributed by atoms with Crippen molar-refractivity contribution in [2.24, 2.45) is 0 Å². The van der Waals surface area contributed by atoms with Crippen LogP contribution in [0.1, 0.15) is 6.92 Å². The summed E-state index contributed by atoms with van der Waals surface area (Å²) in [6.45, 7) is 6.82. The molecule has 0 aromatic heterocycles. The standard InChI is InChI=1S/C20H23N3O2S/c1-5-23-16-11-7-8-12-17(16)26-18(23)13-9-6-10-15-19(24)21(3)14(2)22(4)20(15)25/h6-13,19,24H,2,5H2,1,3-4H3/b9-6+,15-10-,18-13-. The Kier molecular flexibility index (Phi) is 5.25. The molecule has 0 spiro atoms. The molecule has 1 unspecified atom stereocenters. The molecule has 1 amide bonds. The van der Waals surface area contributed by atoms with Gasteiger partial charge in [-0.15, -0.1) is 0 Å². The van der Waals surface area contributed by atoms with Crippen LogP contribution in [-0.4, -0.2) is 47.7 Å². The van der Waals surface area contributed by atoms with E-state index in [2.05, 4.69) is 30.5 Å². The molecule has 1 N–H and O–H groups in total. The third-order valence-corrected chi connectivity index (χ3v) is 5.70. The van der Waals surface area contributed by atoms with E-state index in [-0.39, 0.29) is 5.91 Å². The maximum absolute atomic E-state index is 12.3. The van der Waals surface area contributed by atoms with Gasteiger partial charge in [-0.2, -0.15) is 0 Å². The van der Waals surface area contributed by atoms with E-state index in [9.17, 15) is 9.90 Å². The van der Waals surface area contributed by atoms with E-state index >= 15 is 0 Å². The molecule has 2 aliphatic heterocycles. The topological polar surface area (TPSA) is 47.0 Å². The lowest BCUT2D eigenvalue weighted by Gasteiger charge is -2.38. The highest BCUT2D eigenvalue weighted by Gasteiger charge is 2.33. The first-order valence-electron chi connectivity index (χ1n) is 8.46. The second-order valence-electron chi connectivity index (χ2n) is 6.09. The number of carbonyl (C=O) groups is 1. The summed E-state index contributed by atoms with van der Waals surface area (Å²) in [6.07, 6.45) is 6.38. The van der Waals surface area contributed by atoms with Gasteiger partial charge >= 0.3 is 0 Å². The predicted octanol–water partition coefficient (Wildman–Crippen LogP) is 3.14. The maximum Gasteiger partial charge on any atom is 0.259 e. The minimum atomic E-state index is -0.985. The minimum Gasteiger partial charge on any atom is -0.369 e. The number of nitrogens with zero attached hydrogens (tertiary/aromatic N) is 3. The number of thioether (sulfide) groups is 1. The summed E-state index contributed by atoms with van der Waals surface area (Å²) in [5.74, 6) is 0.236. The smallest absolute Gasteiger partial charge is 0.259 e. The average Bonchev–Trinajstić information content (AvgIpc) is 3.01. The number of hydrogen-bond donors (Lipinski definition) is 1. The number of anilines is 1. The van der Waals surface area contributed by atoms with Crippen LogP contribution in [0.2, 0.25) is 0 Å². The average molecular weight is 369 g/mol. The SMILES string of the molecule is C=C1N(C)C(=O)\C(=C/C=C/C=C2\Sc3ccccc3N2CC)C(O)N1C. The molecule has 0 bridgehead atoms. The number of benzene rings is 1. The molecule has 1 aromatic carbocycles. The Balaban J connectivity index is 1.78. The Morgan fingerprint density at radius 3 is 2.65 bits per heavy atom. The molecule has 136 valence electrons. The van der Waals surface area contributed by atoms with E-state index in [0.29, 0.717) is 11.4 Å². The number of likely N-dealkylation sites (N-methyl/N-ethyl adjacent to an activating group) is 2. The van der Waals surface area contributed by atoms with Gasteiger partial charge in [-0.1, -0.05) is 42.6 Å². The summed E-state index contributed by atoms with van der Waals surface area (Å²) >= 11 is 1.73. The zero-order chi connectivity index (χ0) is 18.8. The molecule has 0 aliphatic carbocycles. The van der Waals surface area contributed by atoms with Crippen molar-refractivity contribution in [1.29, 1.82) is 0 Å². The van der Waals surface area contributed by atoms with Crippen LogP contribution >= 0.6 is 11.8 Å². The van der Waals surface area contributed by atoms with Gasteiger partial charge in [-0.25, -0.2) is 0 Å². The van der Waals surface area contributed by atoms with E-state index in [0.717, 1.165) is 11.6 Å². The highest BCUT2D eigenvalue weighted by atomic mass is 32.2. The number of aliphatic hydroxyl groups excluding tert-OH is 1. The molecule has 1 saturated heterocycles. The summed E-state index contributed by atoms with van der Waals surface area (Å²) in [5.41, 5.74) is 1.55. The van der Waals surface area contributed by atoms with Crippen LogP contribution in [0.25, 0.3) is 0 Å². The van der Waals surface area contributed by atoms with Crippen molar-refractivity contribution < 1.29 is 9.90 Å². The molecule has 1 fully saturated rings. The summed E-state index contributed by atoms with van der Waals surface area (Å²) in [4.78, 5) is 18.8. The largest absolute Gasteiger partial charge is 0.369 e. The highest BCUT2D eigenvalue weighted by molar-refractivity contribution is 8.03. The quantitative estimate of drug-likeness (QED) is 0.830. The van der Waals surface area contributed by atoms with E-state index in [1.165, 1.54) is 15.5 Å². The summed E-state index contributed by atoms with van der Waals surface area (Å²) in [7, 11) is 3.36. The molecule has 26 heavy (non-hydrogen) atoms. The molecule has 1 aromatic rings. The Labute approximate surface area is 158 Å². The number of para-hydroxylation sites is 1. The number of aliphatic hydroxyl groups is 1. The van der Waals surface area contributed by atoms with Crippen LogP contribution in [0, 0.1) is 0 Å². The minimum absolute atomic E-state index is 0.240. The zero-order valence-electron chi connectivity index (χ0n) is 15.2. The second kappa shape index (κ2) is 7.43. The van der Waals surface area contributed by atoms with Crippen molar-refractivity contribution in [1.82, 2.24) is 9.80 Å². The van der Waals surface area contributed by atoms with Crippen LogP contribution in [-0.2, 0) is 4.79 Å². The lowest BCUT2D eigenvalue weighted by Crippen LogP contribution is -2.49. The Hall–Kier alpha value is -2.44. The van der Waals surface area contributed by atoms with E-state index in [4.69, 9.17) is 0 Å². The Morgan fingerprint density at radius 2 is 1.92 bits per heavy atom. The lowest BCUT2D eigenvalue weighted by atomic mass is 10.1. The van der Waals surface area contributed by atoms with Crippen LogP contribution in [0.5, 0.6) is 0 Å². The van der Waals surface area contributed by atoms with Crippen molar-refractivity contribution in [3.05, 3.63) is 71.6 Å². The van der Waals surface area contributed by atoms with Crippen molar-refractivity contribution in [2.75, 3.05) is 25.5 Å². The summed E-state index contributed by atoms with van der Waals surface area (Å²) < 4.78 is 0. The van der Waals surface area contributed by atoms with Gasteiger partial charge in [0.1, 0.15) is 5.82 Å². The highest BCUT2D eigenvalue weighted by Crippen LogP contribution is 2.45. The van der Waals surface area contributed by atoms with Crippen LogP contribution in [0.4, 0.5) is 5.69 Å². The van der Waals surface area contributed by atoms with Crippen LogP contribution in [0.15, 0.2) is 76.5 Å². The van der Waals surface area contributed by atoms with Gasteiger partial charge in [0.15, 0.2) is 6.23 Å². The second-order valence-corrected chi connectivity index (χ2v) is 7.15. The number of allylic oxidation sites excluding steroid dienone is 4. The zero-order valence-corrected chi connectivity index (χ0v) is 16.0. The van der Waals surface area contributed by atoms with E-state index < -0.39 is 6.23 Å².